The van der Waals surface area contributed by atoms with E-state index in [9.17, 15) is 9.59 Å². The monoisotopic (exact) mass is 302 g/mol. The lowest BCUT2D eigenvalue weighted by atomic mass is 10.4. The first-order valence-electron chi connectivity index (χ1n) is 6.65. The molecule has 0 bridgehead atoms. The van der Waals surface area contributed by atoms with E-state index >= 15 is 0 Å². The van der Waals surface area contributed by atoms with Gasteiger partial charge in [0.15, 0.2) is 11.5 Å². The smallest absolute Gasteiger partial charge is 0.373 e. The Morgan fingerprint density at radius 1 is 0.810 bits per heavy atom. The van der Waals surface area contributed by atoms with Gasteiger partial charge in [0.2, 0.25) is 0 Å². The number of allylic oxidation sites excluding steroid dienone is 2. The van der Waals surface area contributed by atoms with Crippen LogP contribution < -0.4 is 0 Å². The maximum atomic E-state index is 11.0. The summed E-state index contributed by atoms with van der Waals surface area (Å²) in [5.41, 5.74) is 0. The maximum Gasteiger partial charge on any atom is 0.373 e. The second-order valence-electron chi connectivity index (χ2n) is 3.94. The van der Waals surface area contributed by atoms with Crippen LogP contribution >= 0.6 is 0 Å². The summed E-state index contributed by atoms with van der Waals surface area (Å²) in [7, 11) is 0. The highest BCUT2D eigenvalue weighted by Gasteiger charge is 2.07. The molecular weight excluding hydrogens is 280 g/mol. The van der Waals surface area contributed by atoms with Crippen LogP contribution in [-0.2, 0) is 23.8 Å². The second-order valence-corrected chi connectivity index (χ2v) is 3.94. The summed E-state index contributed by atoms with van der Waals surface area (Å²) in [4.78, 5) is 22.1. The molecule has 0 aromatic rings. The number of carbonyl (C=O) groups is 2. The maximum absolute atomic E-state index is 11.0. The molecule has 0 amide bonds. The van der Waals surface area contributed by atoms with Gasteiger partial charge in [0.25, 0.3) is 0 Å². The van der Waals surface area contributed by atoms with E-state index in [1.165, 1.54) is 26.0 Å². The van der Waals surface area contributed by atoms with Crippen molar-refractivity contribution in [3.05, 3.63) is 23.7 Å². The third-order valence-electron chi connectivity index (χ3n) is 2.30. The molecule has 0 rings (SSSR count). The Kier molecular flexibility index (Phi) is 10.6. The van der Waals surface area contributed by atoms with Crippen molar-refractivity contribution in [2.45, 2.75) is 26.7 Å². The standard InChI is InChI=1S/C14H22O7/c1-3-11(15)13(17)20-9-5-7-19-8-6-10-21-14(18)12(16)4-2/h3-4,15-16H,5-10H2,1-2H3. The molecule has 0 radical (unpaired) electrons. The van der Waals surface area contributed by atoms with Crippen molar-refractivity contribution in [3.63, 3.8) is 0 Å². The Bertz CT molecular complexity index is 349. The van der Waals surface area contributed by atoms with Crippen LogP contribution in [0.2, 0.25) is 0 Å². The molecule has 0 aromatic carbocycles. The molecule has 0 aromatic heterocycles. The molecule has 0 saturated carbocycles. The summed E-state index contributed by atoms with van der Waals surface area (Å²) in [5.74, 6) is -2.34. The first kappa shape index (κ1) is 19.0. The van der Waals surface area contributed by atoms with Crippen molar-refractivity contribution < 1.29 is 34.0 Å². The second kappa shape index (κ2) is 11.8. The van der Waals surface area contributed by atoms with Crippen molar-refractivity contribution >= 4 is 11.9 Å². The molecule has 0 atom stereocenters. The normalized spacial score (nSPS) is 12.1. The first-order chi connectivity index (χ1) is 10.0. The molecule has 21 heavy (non-hydrogen) atoms. The summed E-state index contributed by atoms with van der Waals surface area (Å²) in [6, 6.07) is 0. The van der Waals surface area contributed by atoms with Crippen LogP contribution in [0, 0.1) is 0 Å². The Morgan fingerprint density at radius 2 is 1.19 bits per heavy atom. The zero-order chi connectivity index (χ0) is 16.1. The van der Waals surface area contributed by atoms with Crippen molar-refractivity contribution in [1.29, 1.82) is 0 Å². The van der Waals surface area contributed by atoms with Crippen LogP contribution in [0.15, 0.2) is 23.7 Å². The highest BCUT2D eigenvalue weighted by molar-refractivity contribution is 5.85. The zero-order valence-corrected chi connectivity index (χ0v) is 12.3. The molecule has 120 valence electrons. The number of hydrogen-bond acceptors (Lipinski definition) is 7. The fourth-order valence-corrected chi connectivity index (χ4v) is 1.14. The van der Waals surface area contributed by atoms with Gasteiger partial charge in [0.1, 0.15) is 0 Å². The molecule has 0 aliphatic heterocycles. The highest BCUT2D eigenvalue weighted by atomic mass is 16.6. The number of rotatable bonds is 10. The molecule has 7 nitrogen and oxygen atoms in total. The summed E-state index contributed by atoms with van der Waals surface area (Å²) >= 11 is 0. The minimum Gasteiger partial charge on any atom is -0.502 e. The van der Waals surface area contributed by atoms with Gasteiger partial charge in [-0.15, -0.1) is 0 Å². The van der Waals surface area contributed by atoms with E-state index in [1.807, 2.05) is 0 Å². The molecule has 0 spiro atoms. The average molecular weight is 302 g/mol. The van der Waals surface area contributed by atoms with E-state index in [0.29, 0.717) is 26.1 Å². The average Bonchev–Trinajstić information content (AvgIpc) is 2.50. The van der Waals surface area contributed by atoms with Crippen LogP contribution in [0.5, 0.6) is 0 Å². The van der Waals surface area contributed by atoms with E-state index in [2.05, 4.69) is 0 Å². The molecule has 2 N–H and O–H groups in total. The van der Waals surface area contributed by atoms with Crippen molar-refractivity contribution in [3.8, 4) is 0 Å². The molecule has 0 unspecified atom stereocenters. The Morgan fingerprint density at radius 3 is 1.52 bits per heavy atom. The van der Waals surface area contributed by atoms with Gasteiger partial charge in [0.05, 0.1) is 13.2 Å². The fraction of sp³-hybridized carbons (Fsp3) is 0.571. The first-order valence-corrected chi connectivity index (χ1v) is 6.65. The Labute approximate surface area is 123 Å². The molecule has 0 saturated heterocycles. The minimum atomic E-state index is -0.756. The summed E-state index contributed by atoms with van der Waals surface area (Å²) in [6.45, 7) is 4.14. The summed E-state index contributed by atoms with van der Waals surface area (Å²) in [6.07, 6.45) is 3.51. The number of hydrogen-bond donors (Lipinski definition) is 2. The van der Waals surface area contributed by atoms with Gasteiger partial charge >= 0.3 is 11.9 Å². The topological polar surface area (TPSA) is 102 Å². The van der Waals surface area contributed by atoms with Gasteiger partial charge in [0, 0.05) is 26.1 Å². The number of carbonyl (C=O) groups excluding carboxylic acids is 2. The lowest BCUT2D eigenvalue weighted by molar-refractivity contribution is -0.142. The van der Waals surface area contributed by atoms with E-state index in [0.717, 1.165) is 0 Å². The third kappa shape index (κ3) is 9.50. The highest BCUT2D eigenvalue weighted by Crippen LogP contribution is 1.96. The van der Waals surface area contributed by atoms with E-state index in [4.69, 9.17) is 24.4 Å². The van der Waals surface area contributed by atoms with Crippen molar-refractivity contribution in [1.82, 2.24) is 0 Å². The van der Waals surface area contributed by atoms with Gasteiger partial charge in [-0.05, 0) is 26.0 Å². The molecule has 0 aliphatic carbocycles. The summed E-state index contributed by atoms with van der Waals surface area (Å²) < 4.78 is 14.7. The number of aliphatic hydroxyl groups is 2. The number of ether oxygens (including phenoxy) is 3. The molecule has 0 aliphatic rings. The van der Waals surface area contributed by atoms with Crippen LogP contribution in [0.25, 0.3) is 0 Å². The molecular formula is C14H22O7. The predicted molar refractivity (Wildman–Crippen MR) is 74.7 cm³/mol. The minimum absolute atomic E-state index is 0.154. The van der Waals surface area contributed by atoms with Crippen molar-refractivity contribution in [2.75, 3.05) is 26.4 Å². The van der Waals surface area contributed by atoms with Gasteiger partial charge in [-0.2, -0.15) is 0 Å². The van der Waals surface area contributed by atoms with E-state index < -0.39 is 23.5 Å². The van der Waals surface area contributed by atoms with Gasteiger partial charge in [-0.25, -0.2) is 9.59 Å². The van der Waals surface area contributed by atoms with Crippen LogP contribution in [0.4, 0.5) is 0 Å². The molecule has 0 heterocycles. The molecule has 0 fully saturated rings. The Hall–Kier alpha value is -2.02. The van der Waals surface area contributed by atoms with Gasteiger partial charge in [-0.3, -0.25) is 0 Å². The number of esters is 2. The lowest BCUT2D eigenvalue weighted by Crippen LogP contribution is -2.12. The van der Waals surface area contributed by atoms with Crippen LogP contribution in [-0.4, -0.2) is 48.6 Å². The SMILES string of the molecule is CC=C(O)C(=O)OCCCOCCCOC(=O)C(O)=CC. The molecule has 7 heteroatoms. The summed E-state index contributed by atoms with van der Waals surface area (Å²) in [5, 5.41) is 18.0. The van der Waals surface area contributed by atoms with Crippen molar-refractivity contribution in [2.24, 2.45) is 0 Å². The van der Waals surface area contributed by atoms with Gasteiger partial charge in [-0.1, -0.05) is 0 Å². The van der Waals surface area contributed by atoms with E-state index in [-0.39, 0.29) is 13.2 Å². The van der Waals surface area contributed by atoms with Crippen LogP contribution in [0.1, 0.15) is 26.7 Å². The third-order valence-corrected chi connectivity index (χ3v) is 2.30. The van der Waals surface area contributed by atoms with E-state index in [1.54, 1.807) is 0 Å². The quantitative estimate of drug-likeness (QED) is 0.274. The zero-order valence-electron chi connectivity index (χ0n) is 12.3. The van der Waals surface area contributed by atoms with Gasteiger partial charge < -0.3 is 24.4 Å². The van der Waals surface area contributed by atoms with Crippen LogP contribution in [0.3, 0.4) is 0 Å². The Balaban J connectivity index is 3.42. The lowest BCUT2D eigenvalue weighted by Gasteiger charge is -2.06. The largest absolute Gasteiger partial charge is 0.502 e. The fourth-order valence-electron chi connectivity index (χ4n) is 1.14. The number of aliphatic hydroxyl groups excluding tert-OH is 2. The predicted octanol–water partition coefficient (Wildman–Crippen LogP) is 1.79.